The molecule has 19 heavy (non-hydrogen) atoms. The van der Waals surface area contributed by atoms with Gasteiger partial charge in [-0.25, -0.2) is 0 Å². The minimum absolute atomic E-state index is 0.696. The maximum absolute atomic E-state index is 3.80. The standard InChI is InChI=1S/C17H36N2/c1-7-11-18-16-10-9-15(13(3)4)12-17(16)19(6)14(5)8-2/h13-18H,7-12H2,1-6H3. The van der Waals surface area contributed by atoms with Crippen molar-refractivity contribution in [3.8, 4) is 0 Å². The van der Waals surface area contributed by atoms with E-state index in [2.05, 4.69) is 51.9 Å². The quantitative estimate of drug-likeness (QED) is 0.753. The zero-order valence-corrected chi connectivity index (χ0v) is 14.1. The number of nitrogens with one attached hydrogen (secondary N) is 1. The fraction of sp³-hybridized carbons (Fsp3) is 1.00. The summed E-state index contributed by atoms with van der Waals surface area (Å²) in [6, 6.07) is 2.12. The van der Waals surface area contributed by atoms with Crippen LogP contribution in [-0.2, 0) is 0 Å². The summed E-state index contributed by atoms with van der Waals surface area (Å²) in [4.78, 5) is 2.64. The number of rotatable bonds is 7. The molecule has 1 N–H and O–H groups in total. The summed E-state index contributed by atoms with van der Waals surface area (Å²) in [5.41, 5.74) is 0. The second-order valence-corrected chi connectivity index (χ2v) is 6.87. The van der Waals surface area contributed by atoms with Gasteiger partial charge in [-0.2, -0.15) is 0 Å². The zero-order chi connectivity index (χ0) is 14.4. The van der Waals surface area contributed by atoms with E-state index in [0.29, 0.717) is 12.1 Å². The van der Waals surface area contributed by atoms with Crippen LogP contribution in [0.3, 0.4) is 0 Å². The van der Waals surface area contributed by atoms with E-state index in [1.807, 2.05) is 0 Å². The molecule has 114 valence electrons. The molecule has 0 saturated heterocycles. The highest BCUT2D eigenvalue weighted by molar-refractivity contribution is 4.92. The Morgan fingerprint density at radius 2 is 1.84 bits per heavy atom. The van der Waals surface area contributed by atoms with Gasteiger partial charge in [-0.3, -0.25) is 4.90 Å². The van der Waals surface area contributed by atoms with Gasteiger partial charge < -0.3 is 5.32 Å². The minimum Gasteiger partial charge on any atom is -0.312 e. The second kappa shape index (κ2) is 8.26. The van der Waals surface area contributed by atoms with E-state index in [9.17, 15) is 0 Å². The first-order chi connectivity index (χ1) is 9.01. The van der Waals surface area contributed by atoms with E-state index in [1.165, 1.54) is 38.6 Å². The van der Waals surface area contributed by atoms with Crippen molar-refractivity contribution >= 4 is 0 Å². The second-order valence-electron chi connectivity index (χ2n) is 6.87. The lowest BCUT2D eigenvalue weighted by atomic mass is 9.76. The van der Waals surface area contributed by atoms with Crippen LogP contribution in [-0.4, -0.2) is 36.6 Å². The average Bonchev–Trinajstić information content (AvgIpc) is 2.43. The van der Waals surface area contributed by atoms with Crippen molar-refractivity contribution in [3.05, 3.63) is 0 Å². The summed E-state index contributed by atoms with van der Waals surface area (Å²) in [5, 5.41) is 3.80. The molecular formula is C17H36N2. The van der Waals surface area contributed by atoms with Gasteiger partial charge in [-0.05, 0) is 64.5 Å². The predicted molar refractivity (Wildman–Crippen MR) is 85.6 cm³/mol. The Morgan fingerprint density at radius 1 is 1.16 bits per heavy atom. The van der Waals surface area contributed by atoms with Crippen LogP contribution < -0.4 is 5.32 Å². The van der Waals surface area contributed by atoms with Gasteiger partial charge in [-0.15, -0.1) is 0 Å². The largest absolute Gasteiger partial charge is 0.312 e. The van der Waals surface area contributed by atoms with Crippen molar-refractivity contribution in [1.82, 2.24) is 10.2 Å². The van der Waals surface area contributed by atoms with Crippen molar-refractivity contribution < 1.29 is 0 Å². The Labute approximate surface area is 121 Å². The van der Waals surface area contributed by atoms with Crippen molar-refractivity contribution in [1.29, 1.82) is 0 Å². The normalized spacial score (nSPS) is 30.0. The molecule has 0 spiro atoms. The smallest absolute Gasteiger partial charge is 0.0251 e. The average molecular weight is 268 g/mol. The first kappa shape index (κ1) is 17.0. The maximum Gasteiger partial charge on any atom is 0.0251 e. The number of hydrogen-bond donors (Lipinski definition) is 1. The molecule has 4 unspecified atom stereocenters. The number of nitrogens with zero attached hydrogens (tertiary/aromatic N) is 1. The first-order valence-corrected chi connectivity index (χ1v) is 8.46. The van der Waals surface area contributed by atoms with Crippen molar-refractivity contribution in [2.45, 2.75) is 84.8 Å². The monoisotopic (exact) mass is 268 g/mol. The summed E-state index contributed by atoms with van der Waals surface area (Å²) >= 11 is 0. The molecular weight excluding hydrogens is 232 g/mol. The Hall–Kier alpha value is -0.0800. The van der Waals surface area contributed by atoms with Gasteiger partial charge in [0.2, 0.25) is 0 Å². The summed E-state index contributed by atoms with van der Waals surface area (Å²) in [5.74, 6) is 1.75. The SMILES string of the molecule is CCCNC1CCC(C(C)C)CC1N(C)C(C)CC. The van der Waals surface area contributed by atoms with Crippen LogP contribution in [0, 0.1) is 11.8 Å². The van der Waals surface area contributed by atoms with Gasteiger partial charge in [0.25, 0.3) is 0 Å². The molecule has 2 nitrogen and oxygen atoms in total. The third-order valence-electron chi connectivity index (χ3n) is 5.27. The van der Waals surface area contributed by atoms with Crippen LogP contribution in [0.1, 0.15) is 66.7 Å². The van der Waals surface area contributed by atoms with E-state index in [-0.39, 0.29) is 0 Å². The third kappa shape index (κ3) is 4.75. The molecule has 1 saturated carbocycles. The van der Waals surface area contributed by atoms with E-state index in [0.717, 1.165) is 17.9 Å². The van der Waals surface area contributed by atoms with Crippen LogP contribution in [0.2, 0.25) is 0 Å². The van der Waals surface area contributed by atoms with Crippen molar-refractivity contribution in [2.24, 2.45) is 11.8 Å². The van der Waals surface area contributed by atoms with Crippen molar-refractivity contribution in [2.75, 3.05) is 13.6 Å². The lowest BCUT2D eigenvalue weighted by molar-refractivity contribution is 0.0754. The fourth-order valence-electron chi connectivity index (χ4n) is 3.42. The van der Waals surface area contributed by atoms with Crippen molar-refractivity contribution in [3.63, 3.8) is 0 Å². The molecule has 1 rings (SSSR count). The highest BCUT2D eigenvalue weighted by atomic mass is 15.2. The topological polar surface area (TPSA) is 15.3 Å². The van der Waals surface area contributed by atoms with Gasteiger partial charge in [0, 0.05) is 18.1 Å². The molecule has 2 heteroatoms. The highest BCUT2D eigenvalue weighted by Crippen LogP contribution is 2.33. The summed E-state index contributed by atoms with van der Waals surface area (Å²) in [6.45, 7) is 12.9. The molecule has 1 fully saturated rings. The van der Waals surface area contributed by atoms with Crippen LogP contribution >= 0.6 is 0 Å². The van der Waals surface area contributed by atoms with Crippen LogP contribution in [0.25, 0.3) is 0 Å². The molecule has 0 bridgehead atoms. The van der Waals surface area contributed by atoms with E-state index < -0.39 is 0 Å². The van der Waals surface area contributed by atoms with Gasteiger partial charge >= 0.3 is 0 Å². The lowest BCUT2D eigenvalue weighted by Crippen LogP contribution is -2.54. The molecule has 0 amide bonds. The van der Waals surface area contributed by atoms with Gasteiger partial charge in [-0.1, -0.05) is 27.7 Å². The molecule has 0 radical (unpaired) electrons. The predicted octanol–water partition coefficient (Wildman–Crippen LogP) is 3.91. The third-order valence-corrected chi connectivity index (χ3v) is 5.27. The Balaban J connectivity index is 2.69. The number of likely N-dealkylation sites (N-methyl/N-ethyl adjacent to an activating group) is 1. The molecule has 1 aliphatic rings. The van der Waals surface area contributed by atoms with Gasteiger partial charge in [0.15, 0.2) is 0 Å². The Kier molecular flexibility index (Phi) is 7.38. The molecule has 0 aromatic heterocycles. The molecule has 0 aromatic carbocycles. The Morgan fingerprint density at radius 3 is 2.37 bits per heavy atom. The van der Waals surface area contributed by atoms with E-state index in [4.69, 9.17) is 0 Å². The zero-order valence-electron chi connectivity index (χ0n) is 14.1. The van der Waals surface area contributed by atoms with Gasteiger partial charge in [0.05, 0.1) is 0 Å². The first-order valence-electron chi connectivity index (χ1n) is 8.46. The van der Waals surface area contributed by atoms with Crippen LogP contribution in [0.5, 0.6) is 0 Å². The summed E-state index contributed by atoms with van der Waals surface area (Å²) < 4.78 is 0. The Bertz CT molecular complexity index is 239. The number of hydrogen-bond acceptors (Lipinski definition) is 2. The molecule has 0 aliphatic heterocycles. The van der Waals surface area contributed by atoms with Crippen LogP contribution in [0.15, 0.2) is 0 Å². The minimum atomic E-state index is 0.696. The maximum atomic E-state index is 3.80. The summed E-state index contributed by atoms with van der Waals surface area (Å²) in [6.07, 6.45) is 6.63. The molecule has 0 aromatic rings. The summed E-state index contributed by atoms with van der Waals surface area (Å²) in [7, 11) is 2.34. The van der Waals surface area contributed by atoms with E-state index in [1.54, 1.807) is 0 Å². The van der Waals surface area contributed by atoms with E-state index >= 15 is 0 Å². The molecule has 0 heterocycles. The molecule has 4 atom stereocenters. The lowest BCUT2D eigenvalue weighted by Gasteiger charge is -2.45. The fourth-order valence-corrected chi connectivity index (χ4v) is 3.42. The highest BCUT2D eigenvalue weighted by Gasteiger charge is 2.34. The van der Waals surface area contributed by atoms with Gasteiger partial charge in [0.1, 0.15) is 0 Å². The van der Waals surface area contributed by atoms with Crippen LogP contribution in [0.4, 0.5) is 0 Å². The molecule has 1 aliphatic carbocycles.